The molecule has 0 spiro atoms. The van der Waals surface area contributed by atoms with E-state index < -0.39 is 5.54 Å². The average molecular weight is 283 g/mol. The van der Waals surface area contributed by atoms with Crippen molar-refractivity contribution in [3.8, 4) is 6.01 Å². The predicted molar refractivity (Wildman–Crippen MR) is 79.3 cm³/mol. The molecule has 0 atom stereocenters. The number of aliphatic hydroxyl groups excluding tert-OH is 1. The molecule has 0 aliphatic rings. The largest absolute Gasteiger partial charge is 0.461 e. The van der Waals surface area contributed by atoms with E-state index in [1.807, 2.05) is 46.6 Å². The highest BCUT2D eigenvalue weighted by Crippen LogP contribution is 2.21. The van der Waals surface area contributed by atoms with Crippen molar-refractivity contribution in [2.24, 2.45) is 0 Å². The fourth-order valence-electron chi connectivity index (χ4n) is 1.37. The zero-order chi connectivity index (χ0) is 15.3. The Kier molecular flexibility index (Phi) is 5.50. The average Bonchev–Trinajstić information content (AvgIpc) is 2.37. The number of aromatic nitrogens is 3. The van der Waals surface area contributed by atoms with Gasteiger partial charge in [0.2, 0.25) is 11.9 Å². The summed E-state index contributed by atoms with van der Waals surface area (Å²) < 4.78 is 5.55. The van der Waals surface area contributed by atoms with Crippen molar-refractivity contribution in [2.75, 3.05) is 30.4 Å². The molecule has 2 N–H and O–H groups in total. The molecule has 0 aliphatic carbocycles. The molecule has 0 fully saturated rings. The highest BCUT2D eigenvalue weighted by Gasteiger charge is 2.26. The number of anilines is 2. The topological polar surface area (TPSA) is 83.4 Å². The highest BCUT2D eigenvalue weighted by atomic mass is 16.5. The molecule has 7 nitrogen and oxygen atoms in total. The Balaban J connectivity index is 3.14. The minimum absolute atomic E-state index is 0.00784. The van der Waals surface area contributed by atoms with Crippen LogP contribution in [0.3, 0.4) is 0 Å². The Morgan fingerprint density at radius 1 is 1.30 bits per heavy atom. The van der Waals surface area contributed by atoms with Crippen LogP contribution in [0.25, 0.3) is 0 Å². The Morgan fingerprint density at radius 3 is 2.45 bits per heavy atom. The molecule has 0 saturated carbocycles. The molecule has 1 heterocycles. The van der Waals surface area contributed by atoms with Gasteiger partial charge in [0, 0.05) is 13.6 Å². The van der Waals surface area contributed by atoms with Gasteiger partial charge in [-0.15, -0.1) is 0 Å². The van der Waals surface area contributed by atoms with Crippen LogP contribution in [-0.4, -0.2) is 51.9 Å². The number of rotatable bonds is 7. The van der Waals surface area contributed by atoms with Gasteiger partial charge in [-0.05, 0) is 34.6 Å². The SMILES string of the molecule is CCNc1nc(OC(C)C)nc(N(C)C(C)(C)CO)n1. The Bertz CT molecular complexity index is 437. The Labute approximate surface area is 120 Å². The molecule has 0 aromatic carbocycles. The first-order valence-corrected chi connectivity index (χ1v) is 6.81. The van der Waals surface area contributed by atoms with Crippen molar-refractivity contribution in [2.45, 2.75) is 46.3 Å². The maximum absolute atomic E-state index is 9.45. The summed E-state index contributed by atoms with van der Waals surface area (Å²) in [7, 11) is 1.83. The van der Waals surface area contributed by atoms with Gasteiger partial charge in [-0.2, -0.15) is 15.0 Å². The lowest BCUT2D eigenvalue weighted by Gasteiger charge is -2.33. The third-order valence-corrected chi connectivity index (χ3v) is 2.87. The first-order chi connectivity index (χ1) is 9.30. The summed E-state index contributed by atoms with van der Waals surface area (Å²) in [5.41, 5.74) is -0.472. The van der Waals surface area contributed by atoms with Crippen LogP contribution in [0.15, 0.2) is 0 Å². The maximum Gasteiger partial charge on any atom is 0.323 e. The van der Waals surface area contributed by atoms with Crippen molar-refractivity contribution >= 4 is 11.9 Å². The summed E-state index contributed by atoms with van der Waals surface area (Å²) in [6, 6.07) is 0.279. The van der Waals surface area contributed by atoms with Gasteiger partial charge in [-0.1, -0.05) is 0 Å². The van der Waals surface area contributed by atoms with Crippen LogP contribution < -0.4 is 15.0 Å². The van der Waals surface area contributed by atoms with E-state index in [1.54, 1.807) is 0 Å². The van der Waals surface area contributed by atoms with Crippen molar-refractivity contribution in [3.05, 3.63) is 0 Å². The van der Waals surface area contributed by atoms with Crippen LogP contribution in [-0.2, 0) is 0 Å². The van der Waals surface area contributed by atoms with Crippen LogP contribution >= 0.6 is 0 Å². The monoisotopic (exact) mass is 283 g/mol. The van der Waals surface area contributed by atoms with Crippen LogP contribution in [0.2, 0.25) is 0 Å². The Hall–Kier alpha value is -1.63. The number of ether oxygens (including phenoxy) is 1. The molecule has 0 amide bonds. The normalized spacial score (nSPS) is 11.6. The second kappa shape index (κ2) is 6.69. The first kappa shape index (κ1) is 16.4. The van der Waals surface area contributed by atoms with E-state index in [0.29, 0.717) is 18.4 Å². The molecular weight excluding hydrogens is 258 g/mol. The van der Waals surface area contributed by atoms with Gasteiger partial charge < -0.3 is 20.1 Å². The van der Waals surface area contributed by atoms with E-state index in [2.05, 4.69) is 20.3 Å². The summed E-state index contributed by atoms with van der Waals surface area (Å²) in [4.78, 5) is 14.7. The third kappa shape index (κ3) is 4.19. The molecule has 1 aromatic rings. The number of likely N-dealkylation sites (N-methyl/N-ethyl adjacent to an activating group) is 1. The number of hydrogen-bond donors (Lipinski definition) is 2. The van der Waals surface area contributed by atoms with Gasteiger partial charge in [0.05, 0.1) is 18.2 Å². The number of hydrogen-bond acceptors (Lipinski definition) is 7. The van der Waals surface area contributed by atoms with E-state index in [1.165, 1.54) is 0 Å². The zero-order valence-corrected chi connectivity index (χ0v) is 13.1. The fourth-order valence-corrected chi connectivity index (χ4v) is 1.37. The quantitative estimate of drug-likeness (QED) is 0.780. The second-order valence-electron chi connectivity index (χ2n) is 5.47. The molecule has 20 heavy (non-hydrogen) atoms. The fraction of sp³-hybridized carbons (Fsp3) is 0.769. The summed E-state index contributed by atoms with van der Waals surface area (Å²) in [6.45, 7) is 10.3. The molecule has 114 valence electrons. The van der Waals surface area contributed by atoms with Crippen molar-refractivity contribution in [1.82, 2.24) is 15.0 Å². The summed E-state index contributed by atoms with van der Waals surface area (Å²) in [6.07, 6.45) is -0.0177. The summed E-state index contributed by atoms with van der Waals surface area (Å²) in [5, 5.41) is 12.5. The minimum atomic E-state index is -0.472. The van der Waals surface area contributed by atoms with Gasteiger partial charge in [0.1, 0.15) is 0 Å². The molecule has 0 aliphatic heterocycles. The van der Waals surface area contributed by atoms with Crippen LogP contribution in [0.1, 0.15) is 34.6 Å². The molecular formula is C13H25N5O2. The van der Waals surface area contributed by atoms with E-state index >= 15 is 0 Å². The lowest BCUT2D eigenvalue weighted by molar-refractivity contribution is 0.211. The standard InChI is InChI=1S/C13H25N5O2/c1-7-14-10-15-11(18(6)13(4,5)8-19)17-12(16-10)20-9(2)3/h9,19H,7-8H2,1-6H3,(H,14,15,16,17). The smallest absolute Gasteiger partial charge is 0.323 e. The van der Waals surface area contributed by atoms with Gasteiger partial charge in [-0.3, -0.25) is 0 Å². The minimum Gasteiger partial charge on any atom is -0.461 e. The number of aliphatic hydroxyl groups is 1. The van der Waals surface area contributed by atoms with Crippen LogP contribution in [0.4, 0.5) is 11.9 Å². The second-order valence-corrected chi connectivity index (χ2v) is 5.47. The van der Waals surface area contributed by atoms with Gasteiger partial charge >= 0.3 is 6.01 Å². The maximum atomic E-state index is 9.45. The number of nitrogens with one attached hydrogen (secondary N) is 1. The van der Waals surface area contributed by atoms with E-state index in [-0.39, 0.29) is 18.7 Å². The molecule has 0 radical (unpaired) electrons. The van der Waals surface area contributed by atoms with Gasteiger partial charge in [0.25, 0.3) is 0 Å². The van der Waals surface area contributed by atoms with Crippen LogP contribution in [0, 0.1) is 0 Å². The van der Waals surface area contributed by atoms with E-state index in [0.717, 1.165) is 0 Å². The number of nitrogens with zero attached hydrogens (tertiary/aromatic N) is 4. The van der Waals surface area contributed by atoms with E-state index in [4.69, 9.17) is 4.74 Å². The van der Waals surface area contributed by atoms with Gasteiger partial charge in [0.15, 0.2) is 0 Å². The molecule has 1 aromatic heterocycles. The van der Waals surface area contributed by atoms with Crippen molar-refractivity contribution in [3.63, 3.8) is 0 Å². The predicted octanol–water partition coefficient (Wildman–Crippen LogP) is 1.30. The van der Waals surface area contributed by atoms with Crippen molar-refractivity contribution in [1.29, 1.82) is 0 Å². The third-order valence-electron chi connectivity index (χ3n) is 2.87. The zero-order valence-electron chi connectivity index (χ0n) is 13.1. The van der Waals surface area contributed by atoms with Crippen LogP contribution in [0.5, 0.6) is 6.01 Å². The molecule has 7 heteroatoms. The van der Waals surface area contributed by atoms with Crippen molar-refractivity contribution < 1.29 is 9.84 Å². The Morgan fingerprint density at radius 2 is 1.95 bits per heavy atom. The highest BCUT2D eigenvalue weighted by molar-refractivity contribution is 5.40. The summed E-state index contributed by atoms with van der Waals surface area (Å²) in [5.74, 6) is 0.930. The lowest BCUT2D eigenvalue weighted by Crippen LogP contribution is -2.45. The molecule has 0 unspecified atom stereocenters. The molecule has 0 bridgehead atoms. The lowest BCUT2D eigenvalue weighted by atomic mass is 10.1. The first-order valence-electron chi connectivity index (χ1n) is 6.81. The van der Waals surface area contributed by atoms with E-state index in [9.17, 15) is 5.11 Å². The molecule has 1 rings (SSSR count). The molecule has 0 saturated heterocycles. The summed E-state index contributed by atoms with van der Waals surface area (Å²) >= 11 is 0. The van der Waals surface area contributed by atoms with Gasteiger partial charge in [-0.25, -0.2) is 0 Å².